The number of amides is 2. The van der Waals surface area contributed by atoms with Crippen LogP contribution >= 0.6 is 0 Å². The first-order valence-electron chi connectivity index (χ1n) is 9.42. The Bertz CT molecular complexity index is 838. The van der Waals surface area contributed by atoms with Gasteiger partial charge in [0.1, 0.15) is 24.8 Å². The number of carbonyl (C=O) groups excluding carboxylic acids is 2. The average molecular weight is 399 g/mol. The van der Waals surface area contributed by atoms with Crippen molar-refractivity contribution in [1.82, 2.24) is 20.2 Å². The van der Waals surface area contributed by atoms with Gasteiger partial charge in [-0.15, -0.1) is 0 Å². The van der Waals surface area contributed by atoms with Crippen molar-refractivity contribution in [1.29, 1.82) is 0 Å². The van der Waals surface area contributed by atoms with Gasteiger partial charge in [0.25, 0.3) is 0 Å². The maximum Gasteiger partial charge on any atom is 0.407 e. The predicted molar refractivity (Wildman–Crippen MR) is 107 cm³/mol. The molecule has 1 fully saturated rings. The van der Waals surface area contributed by atoms with Crippen molar-refractivity contribution in [2.45, 2.75) is 13.5 Å². The second-order valence-corrected chi connectivity index (χ2v) is 6.60. The van der Waals surface area contributed by atoms with E-state index in [0.29, 0.717) is 37.9 Å². The minimum absolute atomic E-state index is 0.0892. The fourth-order valence-electron chi connectivity index (χ4n) is 3.01. The average Bonchev–Trinajstić information content (AvgIpc) is 2.76. The molecule has 0 unspecified atom stereocenters. The number of hydrogen-bond acceptors (Lipinski definition) is 7. The molecule has 0 saturated carbocycles. The molecule has 3 rings (SSSR count). The Kier molecular flexibility index (Phi) is 6.83. The second kappa shape index (κ2) is 9.72. The molecule has 0 bridgehead atoms. The van der Waals surface area contributed by atoms with Gasteiger partial charge in [0.2, 0.25) is 11.8 Å². The van der Waals surface area contributed by atoms with Gasteiger partial charge in [-0.1, -0.05) is 30.3 Å². The first-order chi connectivity index (χ1) is 14.0. The van der Waals surface area contributed by atoms with Crippen molar-refractivity contribution >= 4 is 17.8 Å². The maximum absolute atomic E-state index is 12.4. The number of methoxy groups -OCH3 is 1. The van der Waals surface area contributed by atoms with Gasteiger partial charge in [0.15, 0.2) is 0 Å². The standard InChI is InChI=1S/C20H25N5O4/c1-15-22-17(12-18(23-15)28-2)24-8-10-25(11-9-24)19(26)13-21-20(27)29-14-16-6-4-3-5-7-16/h3-7,12H,8-11,13-14H2,1-2H3,(H,21,27). The number of ether oxygens (including phenoxy) is 2. The SMILES string of the molecule is COc1cc(N2CCN(C(=O)CNC(=O)OCc3ccccc3)CC2)nc(C)n1. The first-order valence-corrected chi connectivity index (χ1v) is 9.42. The van der Waals surface area contributed by atoms with Crippen LogP contribution in [0, 0.1) is 6.92 Å². The van der Waals surface area contributed by atoms with Gasteiger partial charge in [-0.05, 0) is 12.5 Å². The molecule has 9 heteroatoms. The largest absolute Gasteiger partial charge is 0.481 e. The van der Waals surface area contributed by atoms with E-state index >= 15 is 0 Å². The van der Waals surface area contributed by atoms with Crippen molar-refractivity contribution in [3.8, 4) is 5.88 Å². The van der Waals surface area contributed by atoms with Gasteiger partial charge in [0.05, 0.1) is 7.11 Å². The minimum atomic E-state index is -0.607. The van der Waals surface area contributed by atoms with Gasteiger partial charge < -0.3 is 24.6 Å². The Morgan fingerprint density at radius 3 is 2.52 bits per heavy atom. The lowest BCUT2D eigenvalue weighted by Crippen LogP contribution is -2.51. The van der Waals surface area contributed by atoms with Crippen molar-refractivity contribution in [3.05, 3.63) is 47.8 Å². The van der Waals surface area contributed by atoms with Crippen LogP contribution in [-0.2, 0) is 16.1 Å². The number of carbonyl (C=O) groups is 2. The molecule has 154 valence electrons. The molecule has 0 spiro atoms. The van der Waals surface area contributed by atoms with E-state index < -0.39 is 6.09 Å². The third kappa shape index (κ3) is 5.81. The van der Waals surface area contributed by atoms with Crippen LogP contribution in [0.1, 0.15) is 11.4 Å². The van der Waals surface area contributed by atoms with Crippen molar-refractivity contribution in [3.63, 3.8) is 0 Å². The molecular weight excluding hydrogens is 374 g/mol. The number of rotatable bonds is 6. The third-order valence-corrected chi connectivity index (χ3v) is 4.56. The fourth-order valence-corrected chi connectivity index (χ4v) is 3.01. The number of piperazine rings is 1. The van der Waals surface area contributed by atoms with E-state index in [4.69, 9.17) is 9.47 Å². The lowest BCUT2D eigenvalue weighted by molar-refractivity contribution is -0.130. The predicted octanol–water partition coefficient (Wildman–Crippen LogP) is 1.37. The molecule has 2 amide bonds. The van der Waals surface area contributed by atoms with E-state index in [1.54, 1.807) is 18.1 Å². The van der Waals surface area contributed by atoms with Crippen LogP contribution in [0.3, 0.4) is 0 Å². The summed E-state index contributed by atoms with van der Waals surface area (Å²) in [7, 11) is 1.57. The van der Waals surface area contributed by atoms with Crippen LogP contribution in [0.5, 0.6) is 5.88 Å². The lowest BCUT2D eigenvalue weighted by atomic mass is 10.2. The molecule has 1 aromatic heterocycles. The molecule has 29 heavy (non-hydrogen) atoms. The highest BCUT2D eigenvalue weighted by Gasteiger charge is 2.23. The number of hydrogen-bond donors (Lipinski definition) is 1. The lowest BCUT2D eigenvalue weighted by Gasteiger charge is -2.35. The number of aromatic nitrogens is 2. The summed E-state index contributed by atoms with van der Waals surface area (Å²) in [5, 5.41) is 2.51. The number of anilines is 1. The third-order valence-electron chi connectivity index (χ3n) is 4.56. The van der Waals surface area contributed by atoms with E-state index in [1.165, 1.54) is 0 Å². The molecular formula is C20H25N5O4. The highest BCUT2D eigenvalue weighted by atomic mass is 16.5. The van der Waals surface area contributed by atoms with E-state index in [-0.39, 0.29) is 19.1 Å². The summed E-state index contributed by atoms with van der Waals surface area (Å²) >= 11 is 0. The molecule has 1 saturated heterocycles. The fraction of sp³-hybridized carbons (Fsp3) is 0.400. The van der Waals surface area contributed by atoms with Crippen LogP contribution in [0.25, 0.3) is 0 Å². The van der Waals surface area contributed by atoms with Crippen LogP contribution in [-0.4, -0.2) is 66.7 Å². The number of nitrogens with zero attached hydrogens (tertiary/aromatic N) is 4. The quantitative estimate of drug-likeness (QED) is 0.783. The molecule has 2 aromatic rings. The Morgan fingerprint density at radius 2 is 1.83 bits per heavy atom. The molecule has 0 aliphatic carbocycles. The van der Waals surface area contributed by atoms with Crippen LogP contribution in [0.2, 0.25) is 0 Å². The monoisotopic (exact) mass is 399 g/mol. The molecule has 1 N–H and O–H groups in total. The van der Waals surface area contributed by atoms with E-state index in [2.05, 4.69) is 20.2 Å². The first kappa shape index (κ1) is 20.4. The second-order valence-electron chi connectivity index (χ2n) is 6.60. The summed E-state index contributed by atoms with van der Waals surface area (Å²) in [5.74, 6) is 1.79. The smallest absolute Gasteiger partial charge is 0.407 e. The van der Waals surface area contributed by atoms with Crippen LogP contribution < -0.4 is 15.0 Å². The summed E-state index contributed by atoms with van der Waals surface area (Å²) in [4.78, 5) is 36.6. The molecule has 2 heterocycles. The number of aryl methyl sites for hydroxylation is 1. The normalized spacial score (nSPS) is 13.7. The van der Waals surface area contributed by atoms with Crippen molar-refractivity contribution in [2.24, 2.45) is 0 Å². The molecule has 9 nitrogen and oxygen atoms in total. The van der Waals surface area contributed by atoms with Gasteiger partial charge in [-0.2, -0.15) is 4.98 Å². The molecule has 1 aliphatic heterocycles. The maximum atomic E-state index is 12.4. The topological polar surface area (TPSA) is 96.9 Å². The van der Waals surface area contributed by atoms with Gasteiger partial charge in [-0.3, -0.25) is 4.79 Å². The Balaban J connectivity index is 1.42. The van der Waals surface area contributed by atoms with Gasteiger partial charge >= 0.3 is 6.09 Å². The minimum Gasteiger partial charge on any atom is -0.481 e. The Hall–Kier alpha value is -3.36. The Morgan fingerprint density at radius 1 is 1.10 bits per heavy atom. The molecule has 1 aliphatic rings. The van der Waals surface area contributed by atoms with Crippen LogP contribution in [0.4, 0.5) is 10.6 Å². The van der Waals surface area contributed by atoms with Gasteiger partial charge in [0, 0.05) is 32.2 Å². The van der Waals surface area contributed by atoms with Crippen molar-refractivity contribution < 1.29 is 19.1 Å². The zero-order chi connectivity index (χ0) is 20.6. The number of nitrogens with one attached hydrogen (secondary N) is 1. The molecule has 0 atom stereocenters. The highest BCUT2D eigenvalue weighted by Crippen LogP contribution is 2.18. The van der Waals surface area contributed by atoms with Crippen molar-refractivity contribution in [2.75, 3.05) is 44.7 Å². The zero-order valence-electron chi connectivity index (χ0n) is 16.6. The highest BCUT2D eigenvalue weighted by molar-refractivity contribution is 5.82. The number of alkyl carbamates (subject to hydrolysis) is 1. The van der Waals surface area contributed by atoms with Gasteiger partial charge in [-0.25, -0.2) is 9.78 Å². The summed E-state index contributed by atoms with van der Waals surface area (Å²) < 4.78 is 10.3. The summed E-state index contributed by atoms with van der Waals surface area (Å²) in [5.41, 5.74) is 0.890. The van der Waals surface area contributed by atoms with E-state index in [9.17, 15) is 9.59 Å². The molecule has 0 radical (unpaired) electrons. The number of benzene rings is 1. The summed E-state index contributed by atoms with van der Waals surface area (Å²) in [6.07, 6.45) is -0.607. The molecule has 1 aromatic carbocycles. The summed E-state index contributed by atoms with van der Waals surface area (Å²) in [6, 6.07) is 11.2. The Labute approximate surface area is 169 Å². The van der Waals surface area contributed by atoms with E-state index in [0.717, 1.165) is 11.4 Å². The van der Waals surface area contributed by atoms with E-state index in [1.807, 2.05) is 37.3 Å². The van der Waals surface area contributed by atoms with Crippen LogP contribution in [0.15, 0.2) is 36.4 Å². The zero-order valence-corrected chi connectivity index (χ0v) is 16.6. The summed E-state index contributed by atoms with van der Waals surface area (Å²) in [6.45, 7) is 4.27.